The van der Waals surface area contributed by atoms with Gasteiger partial charge in [0, 0.05) is 13.0 Å². The molecule has 0 aromatic carbocycles. The number of rotatable bonds is 15. The van der Waals surface area contributed by atoms with Gasteiger partial charge in [0.1, 0.15) is 0 Å². The lowest BCUT2D eigenvalue weighted by atomic mass is 10.00. The third kappa shape index (κ3) is 14.1. The van der Waals surface area contributed by atoms with E-state index in [1.165, 1.54) is 0 Å². The second-order valence-electron chi connectivity index (χ2n) is 5.76. The summed E-state index contributed by atoms with van der Waals surface area (Å²) in [5, 5.41) is 36.8. The van der Waals surface area contributed by atoms with Crippen LogP contribution in [0.4, 0.5) is 0 Å². The van der Waals surface area contributed by atoms with E-state index in [4.69, 9.17) is 10.2 Å². The summed E-state index contributed by atoms with van der Waals surface area (Å²) in [5.41, 5.74) is 0. The van der Waals surface area contributed by atoms with Crippen molar-refractivity contribution in [3.05, 3.63) is 0 Å². The molecule has 4 N–H and O–H groups in total. The summed E-state index contributed by atoms with van der Waals surface area (Å²) in [6.07, 6.45) is 8.25. The quantitative estimate of drug-likeness (QED) is 0.348. The second kappa shape index (κ2) is 14.3. The van der Waals surface area contributed by atoms with Crippen molar-refractivity contribution < 1.29 is 25.2 Å². The fourth-order valence-electron chi connectivity index (χ4n) is 2.36. The van der Waals surface area contributed by atoms with Gasteiger partial charge in [0.05, 0.1) is 12.2 Å². The highest BCUT2D eigenvalue weighted by Crippen LogP contribution is 2.14. The average Bonchev–Trinajstić information content (AvgIpc) is 2.45. The van der Waals surface area contributed by atoms with E-state index in [1.807, 2.05) is 0 Å². The number of carboxylic acid groups (broad SMARTS) is 1. The van der Waals surface area contributed by atoms with Crippen molar-refractivity contribution in [3.63, 3.8) is 0 Å². The lowest BCUT2D eigenvalue weighted by molar-refractivity contribution is -0.137. The number of aliphatic hydroxyl groups is 3. The van der Waals surface area contributed by atoms with Crippen LogP contribution in [0.3, 0.4) is 0 Å². The van der Waals surface area contributed by atoms with Crippen molar-refractivity contribution in [3.8, 4) is 0 Å². The predicted octanol–water partition coefficient (Wildman–Crippen LogP) is 2.47. The van der Waals surface area contributed by atoms with Gasteiger partial charge in [-0.25, -0.2) is 0 Å². The first-order valence-corrected chi connectivity index (χ1v) is 8.26. The Hall–Kier alpha value is -0.650. The first-order chi connectivity index (χ1) is 10.1. The van der Waals surface area contributed by atoms with Crippen LogP contribution in [-0.2, 0) is 4.79 Å². The van der Waals surface area contributed by atoms with Crippen LogP contribution in [0.15, 0.2) is 0 Å². The van der Waals surface area contributed by atoms with Crippen molar-refractivity contribution in [1.82, 2.24) is 0 Å². The van der Waals surface area contributed by atoms with Crippen LogP contribution in [-0.4, -0.2) is 45.2 Å². The normalized spacial score (nSPS) is 14.0. The molecule has 0 amide bonds. The molecular weight excluding hydrogens is 272 g/mol. The van der Waals surface area contributed by atoms with Gasteiger partial charge in [-0.2, -0.15) is 0 Å². The van der Waals surface area contributed by atoms with E-state index in [1.54, 1.807) is 0 Å². The first-order valence-electron chi connectivity index (χ1n) is 8.26. The van der Waals surface area contributed by atoms with Crippen molar-refractivity contribution >= 4 is 5.97 Å². The highest BCUT2D eigenvalue weighted by Gasteiger charge is 2.15. The molecule has 2 atom stereocenters. The Labute approximate surface area is 128 Å². The van der Waals surface area contributed by atoms with Gasteiger partial charge in [0.25, 0.3) is 0 Å². The summed E-state index contributed by atoms with van der Waals surface area (Å²) in [6, 6.07) is 0. The van der Waals surface area contributed by atoms with Crippen molar-refractivity contribution in [1.29, 1.82) is 0 Å². The molecule has 0 aliphatic carbocycles. The molecular formula is C16H32O5. The fourth-order valence-corrected chi connectivity index (χ4v) is 2.36. The monoisotopic (exact) mass is 304 g/mol. The van der Waals surface area contributed by atoms with Gasteiger partial charge in [-0.05, 0) is 25.7 Å². The van der Waals surface area contributed by atoms with Gasteiger partial charge in [-0.15, -0.1) is 0 Å². The maximum atomic E-state index is 10.3. The van der Waals surface area contributed by atoms with Gasteiger partial charge in [-0.1, -0.05) is 44.9 Å². The van der Waals surface area contributed by atoms with Crippen LogP contribution in [0.5, 0.6) is 0 Å². The van der Waals surface area contributed by atoms with E-state index < -0.39 is 18.2 Å². The number of aliphatic hydroxyl groups excluding tert-OH is 3. The zero-order valence-corrected chi connectivity index (χ0v) is 13.0. The molecule has 0 saturated heterocycles. The van der Waals surface area contributed by atoms with Crippen LogP contribution < -0.4 is 0 Å². The molecule has 0 radical (unpaired) electrons. The van der Waals surface area contributed by atoms with Crippen molar-refractivity contribution in [2.75, 3.05) is 6.61 Å². The van der Waals surface area contributed by atoms with Gasteiger partial charge in [0.2, 0.25) is 0 Å². The molecule has 0 heterocycles. The first kappa shape index (κ1) is 20.3. The fraction of sp³-hybridized carbons (Fsp3) is 0.938. The minimum absolute atomic E-state index is 0.220. The number of aliphatic carboxylic acids is 1. The minimum atomic E-state index is -0.743. The maximum Gasteiger partial charge on any atom is 0.303 e. The van der Waals surface area contributed by atoms with Crippen LogP contribution in [0.25, 0.3) is 0 Å². The topological polar surface area (TPSA) is 98.0 Å². The minimum Gasteiger partial charge on any atom is -0.481 e. The molecule has 5 heteroatoms. The van der Waals surface area contributed by atoms with E-state index >= 15 is 0 Å². The molecule has 21 heavy (non-hydrogen) atoms. The summed E-state index contributed by atoms with van der Waals surface area (Å²) in [7, 11) is 0. The maximum absolute atomic E-state index is 10.3. The molecule has 0 fully saturated rings. The van der Waals surface area contributed by atoms with Gasteiger partial charge in [-0.3, -0.25) is 4.79 Å². The molecule has 0 aliphatic heterocycles. The van der Waals surface area contributed by atoms with Crippen molar-refractivity contribution in [2.45, 2.75) is 89.3 Å². The Balaban J connectivity index is 3.38. The standard InChI is InChI=1S/C16H32O5/c17-13-9-5-4-7-11-15(19)14(18)10-6-2-1-3-8-12-16(20)21/h14-15,17-19H,1-13H2,(H,20,21). The molecule has 0 aromatic heterocycles. The highest BCUT2D eigenvalue weighted by atomic mass is 16.4. The number of carbonyl (C=O) groups is 1. The zero-order chi connectivity index (χ0) is 15.9. The van der Waals surface area contributed by atoms with Crippen LogP contribution in [0.2, 0.25) is 0 Å². The third-order valence-corrected chi connectivity index (χ3v) is 3.74. The lowest BCUT2D eigenvalue weighted by Crippen LogP contribution is -2.25. The lowest BCUT2D eigenvalue weighted by Gasteiger charge is -2.17. The Morgan fingerprint density at radius 1 is 0.714 bits per heavy atom. The summed E-state index contributed by atoms with van der Waals surface area (Å²) in [6.45, 7) is 0.220. The second-order valence-corrected chi connectivity index (χ2v) is 5.76. The van der Waals surface area contributed by atoms with Crippen molar-refractivity contribution in [2.24, 2.45) is 0 Å². The van der Waals surface area contributed by atoms with Gasteiger partial charge < -0.3 is 20.4 Å². The predicted molar refractivity (Wildman–Crippen MR) is 82.1 cm³/mol. The Morgan fingerprint density at radius 3 is 1.62 bits per heavy atom. The Bertz CT molecular complexity index is 245. The number of unbranched alkanes of at least 4 members (excludes halogenated alkanes) is 7. The average molecular weight is 304 g/mol. The highest BCUT2D eigenvalue weighted by molar-refractivity contribution is 5.66. The molecule has 0 rings (SSSR count). The Morgan fingerprint density at radius 2 is 1.14 bits per heavy atom. The zero-order valence-electron chi connectivity index (χ0n) is 13.0. The summed E-state index contributed by atoms with van der Waals surface area (Å²) in [5.74, 6) is -0.743. The van der Waals surface area contributed by atoms with Gasteiger partial charge in [0.15, 0.2) is 0 Å². The number of hydrogen-bond donors (Lipinski definition) is 4. The van der Waals surface area contributed by atoms with E-state index in [-0.39, 0.29) is 13.0 Å². The van der Waals surface area contributed by atoms with Crippen LogP contribution in [0.1, 0.15) is 77.0 Å². The van der Waals surface area contributed by atoms with Gasteiger partial charge >= 0.3 is 5.97 Å². The summed E-state index contributed by atoms with van der Waals surface area (Å²) in [4.78, 5) is 10.3. The van der Waals surface area contributed by atoms with E-state index in [0.717, 1.165) is 51.4 Å². The Kier molecular flexibility index (Phi) is 13.9. The molecule has 0 spiro atoms. The largest absolute Gasteiger partial charge is 0.481 e. The summed E-state index contributed by atoms with van der Waals surface area (Å²) >= 11 is 0. The van der Waals surface area contributed by atoms with E-state index in [0.29, 0.717) is 19.3 Å². The smallest absolute Gasteiger partial charge is 0.303 e. The molecule has 0 aromatic rings. The van der Waals surface area contributed by atoms with Crippen LogP contribution >= 0.6 is 0 Å². The SMILES string of the molecule is O=C(O)CCCCCCCC(O)C(O)CCCCCCO. The van der Waals surface area contributed by atoms with Crippen LogP contribution in [0, 0.1) is 0 Å². The number of carboxylic acids is 1. The number of hydrogen-bond acceptors (Lipinski definition) is 4. The summed E-state index contributed by atoms with van der Waals surface area (Å²) < 4.78 is 0. The molecule has 126 valence electrons. The molecule has 5 nitrogen and oxygen atoms in total. The molecule has 0 saturated carbocycles. The van der Waals surface area contributed by atoms with E-state index in [2.05, 4.69) is 0 Å². The van der Waals surface area contributed by atoms with E-state index in [9.17, 15) is 15.0 Å². The third-order valence-electron chi connectivity index (χ3n) is 3.74. The molecule has 0 bridgehead atoms. The molecule has 2 unspecified atom stereocenters. The molecule has 0 aliphatic rings.